The summed E-state index contributed by atoms with van der Waals surface area (Å²) in [5.41, 5.74) is 1.74. The van der Waals surface area contributed by atoms with Crippen LogP contribution >= 0.6 is 15.9 Å². The van der Waals surface area contributed by atoms with E-state index in [0.717, 1.165) is 18.4 Å². The van der Waals surface area contributed by atoms with Crippen LogP contribution in [0.1, 0.15) is 39.1 Å². The molecule has 0 fully saturated rings. The number of carboxylic acid groups (broad SMARTS) is 1. The van der Waals surface area contributed by atoms with Crippen LogP contribution in [0.5, 0.6) is 0 Å². The van der Waals surface area contributed by atoms with Crippen LogP contribution in [0.3, 0.4) is 0 Å². The molecule has 3 nitrogen and oxygen atoms in total. The Labute approximate surface area is 95.2 Å². The zero-order valence-electron chi connectivity index (χ0n) is 7.92. The Balaban J connectivity index is 2.60. The fourth-order valence-electron chi connectivity index (χ4n) is 1.86. The van der Waals surface area contributed by atoms with Gasteiger partial charge in [0.1, 0.15) is 0 Å². The standard InChI is InChI=1S/C11H9BrO3/c12-8-5-7(11(14)15)4-6-2-1-3-9(13)10(6)8/h4-5H,1-3H2,(H,14,15). The summed E-state index contributed by atoms with van der Waals surface area (Å²) < 4.78 is 0.599. The zero-order valence-corrected chi connectivity index (χ0v) is 9.50. The van der Waals surface area contributed by atoms with E-state index in [2.05, 4.69) is 15.9 Å². The number of carbonyl (C=O) groups excluding carboxylic acids is 1. The third-order valence-corrected chi connectivity index (χ3v) is 3.17. The molecule has 0 radical (unpaired) electrons. The number of aromatic carboxylic acids is 1. The van der Waals surface area contributed by atoms with Gasteiger partial charge in [-0.3, -0.25) is 4.79 Å². The van der Waals surface area contributed by atoms with E-state index in [1.54, 1.807) is 6.07 Å². The van der Waals surface area contributed by atoms with Gasteiger partial charge in [0.25, 0.3) is 0 Å². The highest BCUT2D eigenvalue weighted by molar-refractivity contribution is 9.10. The molecule has 0 atom stereocenters. The molecule has 1 aliphatic rings. The number of benzene rings is 1. The van der Waals surface area contributed by atoms with Gasteiger partial charge in [-0.25, -0.2) is 4.79 Å². The Morgan fingerprint density at radius 2 is 2.07 bits per heavy atom. The lowest BCUT2D eigenvalue weighted by Crippen LogP contribution is -2.13. The van der Waals surface area contributed by atoms with Gasteiger partial charge in [0, 0.05) is 16.5 Å². The number of hydrogen-bond acceptors (Lipinski definition) is 2. The van der Waals surface area contributed by atoms with Crippen molar-refractivity contribution < 1.29 is 14.7 Å². The predicted molar refractivity (Wildman–Crippen MR) is 58.4 cm³/mol. The summed E-state index contributed by atoms with van der Waals surface area (Å²) in [5, 5.41) is 8.87. The second kappa shape index (κ2) is 3.77. The van der Waals surface area contributed by atoms with Gasteiger partial charge >= 0.3 is 5.97 Å². The molecule has 15 heavy (non-hydrogen) atoms. The maximum Gasteiger partial charge on any atom is 0.335 e. The van der Waals surface area contributed by atoms with E-state index in [4.69, 9.17) is 5.11 Å². The van der Waals surface area contributed by atoms with Crippen LogP contribution in [0.2, 0.25) is 0 Å². The van der Waals surface area contributed by atoms with Crippen LogP contribution in [0.25, 0.3) is 0 Å². The number of carbonyl (C=O) groups is 2. The highest BCUT2D eigenvalue weighted by atomic mass is 79.9. The molecule has 0 saturated carbocycles. The molecule has 1 aromatic rings. The molecule has 0 aromatic heterocycles. The van der Waals surface area contributed by atoms with Gasteiger partial charge in [-0.2, -0.15) is 0 Å². The largest absolute Gasteiger partial charge is 0.478 e. The Morgan fingerprint density at radius 1 is 1.33 bits per heavy atom. The second-order valence-corrected chi connectivity index (χ2v) is 4.43. The molecule has 0 aliphatic heterocycles. The highest BCUT2D eigenvalue weighted by Gasteiger charge is 2.21. The first-order valence-corrected chi connectivity index (χ1v) is 5.48. The van der Waals surface area contributed by atoms with Gasteiger partial charge in [-0.15, -0.1) is 0 Å². The van der Waals surface area contributed by atoms with Crippen molar-refractivity contribution in [2.45, 2.75) is 19.3 Å². The van der Waals surface area contributed by atoms with Gasteiger partial charge in [0.2, 0.25) is 0 Å². The lowest BCUT2D eigenvalue weighted by Gasteiger charge is -2.16. The molecule has 1 aliphatic carbocycles. The molecule has 0 unspecified atom stereocenters. The smallest absolute Gasteiger partial charge is 0.335 e. The van der Waals surface area contributed by atoms with E-state index < -0.39 is 5.97 Å². The van der Waals surface area contributed by atoms with E-state index in [9.17, 15) is 9.59 Å². The van der Waals surface area contributed by atoms with Crippen molar-refractivity contribution >= 4 is 27.7 Å². The molecular weight excluding hydrogens is 260 g/mol. The number of hydrogen-bond donors (Lipinski definition) is 1. The van der Waals surface area contributed by atoms with Crippen molar-refractivity contribution in [3.63, 3.8) is 0 Å². The Bertz CT molecular complexity index is 451. The molecular formula is C11H9BrO3. The van der Waals surface area contributed by atoms with Gasteiger partial charge in [-0.1, -0.05) is 15.9 Å². The first-order chi connectivity index (χ1) is 7.09. The minimum absolute atomic E-state index is 0.0973. The van der Waals surface area contributed by atoms with E-state index in [0.29, 0.717) is 16.5 Å². The number of ketones is 1. The van der Waals surface area contributed by atoms with Crippen LogP contribution in [-0.2, 0) is 6.42 Å². The quantitative estimate of drug-likeness (QED) is 0.852. The lowest BCUT2D eigenvalue weighted by molar-refractivity contribution is 0.0696. The molecule has 2 rings (SSSR count). The molecule has 4 heteroatoms. The maximum absolute atomic E-state index is 11.6. The summed E-state index contributed by atoms with van der Waals surface area (Å²) in [6, 6.07) is 3.09. The maximum atomic E-state index is 11.6. The van der Waals surface area contributed by atoms with E-state index in [1.807, 2.05) is 0 Å². The first-order valence-electron chi connectivity index (χ1n) is 4.68. The van der Waals surface area contributed by atoms with E-state index in [1.165, 1.54) is 6.07 Å². The van der Waals surface area contributed by atoms with Crippen LogP contribution < -0.4 is 0 Å². The van der Waals surface area contributed by atoms with E-state index in [-0.39, 0.29) is 11.3 Å². The van der Waals surface area contributed by atoms with Crippen molar-refractivity contribution in [2.24, 2.45) is 0 Å². The molecule has 0 saturated heterocycles. The highest BCUT2D eigenvalue weighted by Crippen LogP contribution is 2.29. The number of halogens is 1. The van der Waals surface area contributed by atoms with Gasteiger partial charge in [0.15, 0.2) is 5.78 Å². The van der Waals surface area contributed by atoms with Gasteiger partial charge in [-0.05, 0) is 30.5 Å². The number of carboxylic acids is 1. The lowest BCUT2D eigenvalue weighted by atomic mass is 9.89. The van der Waals surface area contributed by atoms with Crippen molar-refractivity contribution in [3.8, 4) is 0 Å². The summed E-state index contributed by atoms with van der Waals surface area (Å²) in [6.07, 6.45) is 2.14. The number of Topliss-reactive ketones (excluding diaryl/α,β-unsaturated/α-hetero) is 1. The topological polar surface area (TPSA) is 54.4 Å². The van der Waals surface area contributed by atoms with Crippen molar-refractivity contribution in [1.82, 2.24) is 0 Å². The minimum Gasteiger partial charge on any atom is -0.478 e. The van der Waals surface area contributed by atoms with Crippen LogP contribution in [0, 0.1) is 0 Å². The summed E-state index contributed by atoms with van der Waals surface area (Å²) in [4.78, 5) is 22.4. The number of fused-ring (bicyclic) bond motifs is 1. The Morgan fingerprint density at radius 3 is 2.73 bits per heavy atom. The summed E-state index contributed by atoms with van der Waals surface area (Å²) in [6.45, 7) is 0. The Hall–Kier alpha value is -1.16. The molecule has 1 N–H and O–H groups in total. The normalized spacial score (nSPS) is 14.9. The SMILES string of the molecule is O=C(O)c1cc(Br)c2c(c1)CCCC2=O. The number of rotatable bonds is 1. The fraction of sp³-hybridized carbons (Fsp3) is 0.273. The Kier molecular flexibility index (Phi) is 2.61. The minimum atomic E-state index is -0.962. The van der Waals surface area contributed by atoms with Crippen LogP contribution in [0.15, 0.2) is 16.6 Å². The molecule has 1 aromatic carbocycles. The summed E-state index contributed by atoms with van der Waals surface area (Å²) in [7, 11) is 0. The third-order valence-electron chi connectivity index (χ3n) is 2.55. The average Bonchev–Trinajstić information content (AvgIpc) is 2.17. The fourth-order valence-corrected chi connectivity index (χ4v) is 2.58. The molecule has 0 heterocycles. The van der Waals surface area contributed by atoms with Crippen LogP contribution in [-0.4, -0.2) is 16.9 Å². The molecule has 78 valence electrons. The molecule has 0 bridgehead atoms. The zero-order chi connectivity index (χ0) is 11.0. The monoisotopic (exact) mass is 268 g/mol. The molecule has 0 spiro atoms. The third kappa shape index (κ3) is 1.81. The average molecular weight is 269 g/mol. The predicted octanol–water partition coefficient (Wildman–Crippen LogP) is 2.67. The van der Waals surface area contributed by atoms with Crippen molar-refractivity contribution in [3.05, 3.63) is 33.3 Å². The van der Waals surface area contributed by atoms with E-state index >= 15 is 0 Å². The summed E-state index contributed by atoms with van der Waals surface area (Å²) in [5.74, 6) is -0.864. The number of aryl methyl sites for hydroxylation is 1. The van der Waals surface area contributed by atoms with Gasteiger partial charge in [0.05, 0.1) is 5.56 Å². The molecule has 0 amide bonds. The van der Waals surface area contributed by atoms with Crippen LogP contribution in [0.4, 0.5) is 0 Å². The van der Waals surface area contributed by atoms with Gasteiger partial charge < -0.3 is 5.11 Å². The summed E-state index contributed by atoms with van der Waals surface area (Å²) >= 11 is 3.26. The van der Waals surface area contributed by atoms with Crippen molar-refractivity contribution in [2.75, 3.05) is 0 Å². The first kappa shape index (κ1) is 10.4. The van der Waals surface area contributed by atoms with Crippen molar-refractivity contribution in [1.29, 1.82) is 0 Å². The second-order valence-electron chi connectivity index (χ2n) is 3.57.